The summed E-state index contributed by atoms with van der Waals surface area (Å²) in [5.74, 6) is 1.73. The van der Waals surface area contributed by atoms with Crippen LogP contribution < -0.4 is 18.9 Å². The molecule has 0 aromatic heterocycles. The average molecular weight is 449 g/mol. The van der Waals surface area contributed by atoms with Crippen molar-refractivity contribution in [1.82, 2.24) is 0 Å². The number of rotatable bonds is 5. The highest BCUT2D eigenvalue weighted by molar-refractivity contribution is 9.10. The lowest BCUT2D eigenvalue weighted by Gasteiger charge is -2.20. The van der Waals surface area contributed by atoms with E-state index in [-0.39, 0.29) is 11.5 Å². The number of phenols is 1. The van der Waals surface area contributed by atoms with Gasteiger partial charge in [-0.15, -0.1) is 0 Å². The Morgan fingerprint density at radius 2 is 1.64 bits per heavy atom. The van der Waals surface area contributed by atoms with Crippen LogP contribution in [0.3, 0.4) is 0 Å². The normalized spacial score (nSPS) is 16.0. The smallest absolute Gasteiger partial charge is 0.203 e. The number of ketones is 1. The molecular formula is C21H21BrO6. The Bertz CT molecular complexity index is 950. The lowest BCUT2D eigenvalue weighted by Crippen LogP contribution is -2.13. The molecule has 3 rings (SSSR count). The fourth-order valence-electron chi connectivity index (χ4n) is 3.35. The SMILES string of the molecule is COc1ccc(C2=CC(=O)C(Br)Cc3c2cc(OC)c(OC)c3OC)cc1O. The number of carbonyl (C=O) groups is 1. The topological polar surface area (TPSA) is 74.2 Å². The predicted octanol–water partition coefficient (Wildman–Crippen LogP) is 3.75. The predicted molar refractivity (Wildman–Crippen MR) is 109 cm³/mol. The van der Waals surface area contributed by atoms with Crippen molar-refractivity contribution in [3.63, 3.8) is 0 Å². The molecule has 1 unspecified atom stereocenters. The van der Waals surface area contributed by atoms with Crippen LogP contribution >= 0.6 is 15.9 Å². The number of halogens is 1. The van der Waals surface area contributed by atoms with Crippen molar-refractivity contribution in [2.75, 3.05) is 28.4 Å². The number of fused-ring (bicyclic) bond motifs is 1. The van der Waals surface area contributed by atoms with Crippen molar-refractivity contribution >= 4 is 27.3 Å². The molecule has 0 amide bonds. The molecule has 148 valence electrons. The quantitative estimate of drug-likeness (QED) is 0.702. The van der Waals surface area contributed by atoms with E-state index >= 15 is 0 Å². The molecule has 2 aromatic rings. The van der Waals surface area contributed by atoms with Gasteiger partial charge < -0.3 is 24.1 Å². The molecular weight excluding hydrogens is 428 g/mol. The van der Waals surface area contributed by atoms with Crippen molar-refractivity contribution in [3.8, 4) is 28.7 Å². The molecule has 0 radical (unpaired) electrons. The van der Waals surface area contributed by atoms with Crippen molar-refractivity contribution < 1.29 is 28.8 Å². The number of hydrogen-bond donors (Lipinski definition) is 1. The number of phenolic OH excluding ortho intramolecular Hbond substituents is 1. The van der Waals surface area contributed by atoms with Gasteiger partial charge in [0, 0.05) is 5.56 Å². The van der Waals surface area contributed by atoms with Crippen LogP contribution in [0.1, 0.15) is 16.7 Å². The maximum Gasteiger partial charge on any atom is 0.203 e. The van der Waals surface area contributed by atoms with Gasteiger partial charge in [-0.1, -0.05) is 22.0 Å². The van der Waals surface area contributed by atoms with Crippen LogP contribution in [0.15, 0.2) is 30.3 Å². The Balaban J connectivity index is 2.31. The summed E-state index contributed by atoms with van der Waals surface area (Å²) in [5.41, 5.74) is 2.91. The summed E-state index contributed by atoms with van der Waals surface area (Å²) in [7, 11) is 6.12. The molecule has 0 bridgehead atoms. The Morgan fingerprint density at radius 3 is 2.21 bits per heavy atom. The molecule has 0 heterocycles. The van der Waals surface area contributed by atoms with E-state index in [1.54, 1.807) is 45.6 Å². The number of aromatic hydroxyl groups is 1. The van der Waals surface area contributed by atoms with Crippen molar-refractivity contribution in [3.05, 3.63) is 47.0 Å². The second kappa shape index (κ2) is 8.14. The first-order valence-corrected chi connectivity index (χ1v) is 9.45. The third-order valence-electron chi connectivity index (χ3n) is 4.69. The molecule has 28 heavy (non-hydrogen) atoms. The van der Waals surface area contributed by atoms with Gasteiger partial charge in [-0.2, -0.15) is 0 Å². The van der Waals surface area contributed by atoms with Gasteiger partial charge in [0.25, 0.3) is 0 Å². The number of allylic oxidation sites excluding steroid dienone is 1. The summed E-state index contributed by atoms with van der Waals surface area (Å²) in [4.78, 5) is 12.3. The van der Waals surface area contributed by atoms with Gasteiger partial charge in [-0.25, -0.2) is 0 Å². The third kappa shape index (κ3) is 3.42. The Kier molecular flexibility index (Phi) is 5.84. The fraction of sp³-hybridized carbons (Fsp3) is 0.286. The van der Waals surface area contributed by atoms with Gasteiger partial charge in [0.2, 0.25) is 5.75 Å². The molecule has 6 nitrogen and oxygen atoms in total. The molecule has 1 atom stereocenters. The highest BCUT2D eigenvalue weighted by Crippen LogP contribution is 2.47. The minimum Gasteiger partial charge on any atom is -0.504 e. The monoisotopic (exact) mass is 448 g/mol. The summed E-state index contributed by atoms with van der Waals surface area (Å²) in [6.45, 7) is 0. The molecule has 2 aromatic carbocycles. The number of alkyl halides is 1. The fourth-order valence-corrected chi connectivity index (χ4v) is 3.80. The molecule has 1 N–H and O–H groups in total. The second-order valence-corrected chi connectivity index (χ2v) is 7.30. The van der Waals surface area contributed by atoms with E-state index in [1.807, 2.05) is 6.07 Å². The highest BCUT2D eigenvalue weighted by atomic mass is 79.9. The number of hydrogen-bond acceptors (Lipinski definition) is 6. The summed E-state index contributed by atoms with van der Waals surface area (Å²) < 4.78 is 21.7. The van der Waals surface area contributed by atoms with Crippen molar-refractivity contribution in [2.24, 2.45) is 0 Å². The Labute approximate surface area is 171 Å². The summed E-state index contributed by atoms with van der Waals surface area (Å²) in [6, 6.07) is 6.84. The van der Waals surface area contributed by atoms with Crippen LogP contribution in [0.5, 0.6) is 28.7 Å². The largest absolute Gasteiger partial charge is 0.504 e. The van der Waals surface area contributed by atoms with Crippen LogP contribution in [0.2, 0.25) is 0 Å². The lowest BCUT2D eigenvalue weighted by atomic mass is 9.92. The molecule has 0 spiro atoms. The van der Waals surface area contributed by atoms with E-state index in [0.717, 1.165) is 11.1 Å². The first kappa shape index (κ1) is 20.1. The maximum atomic E-state index is 12.7. The number of methoxy groups -OCH3 is 4. The maximum absolute atomic E-state index is 12.7. The van der Waals surface area contributed by atoms with Gasteiger partial charge in [0.15, 0.2) is 28.8 Å². The number of benzene rings is 2. The molecule has 0 saturated heterocycles. The first-order valence-electron chi connectivity index (χ1n) is 8.54. The minimum absolute atomic E-state index is 0.0121. The second-order valence-electron chi connectivity index (χ2n) is 6.19. The molecule has 0 fully saturated rings. The molecule has 1 aliphatic rings. The first-order chi connectivity index (χ1) is 13.4. The van der Waals surface area contributed by atoms with Gasteiger partial charge in [0.1, 0.15) is 0 Å². The summed E-state index contributed by atoms with van der Waals surface area (Å²) >= 11 is 3.47. The Morgan fingerprint density at radius 1 is 0.964 bits per heavy atom. The van der Waals surface area contributed by atoms with Crippen LogP contribution in [-0.2, 0) is 11.2 Å². The zero-order chi connectivity index (χ0) is 20.4. The van der Waals surface area contributed by atoms with Gasteiger partial charge in [-0.05, 0) is 47.4 Å². The van der Waals surface area contributed by atoms with E-state index in [9.17, 15) is 9.90 Å². The molecule has 0 aliphatic heterocycles. The van der Waals surface area contributed by atoms with Crippen LogP contribution in [0.4, 0.5) is 0 Å². The molecule has 1 aliphatic carbocycles. The van der Waals surface area contributed by atoms with Crippen LogP contribution in [0.25, 0.3) is 5.57 Å². The van der Waals surface area contributed by atoms with E-state index in [0.29, 0.717) is 40.6 Å². The van der Waals surface area contributed by atoms with E-state index < -0.39 is 4.83 Å². The number of carbonyl (C=O) groups excluding carboxylic acids is 1. The van der Waals surface area contributed by atoms with Gasteiger partial charge >= 0.3 is 0 Å². The third-order valence-corrected chi connectivity index (χ3v) is 5.47. The summed E-state index contributed by atoms with van der Waals surface area (Å²) in [5, 5.41) is 10.2. The van der Waals surface area contributed by atoms with Gasteiger partial charge in [0.05, 0.1) is 33.3 Å². The average Bonchev–Trinajstić information content (AvgIpc) is 2.82. The lowest BCUT2D eigenvalue weighted by molar-refractivity contribution is -0.113. The van der Waals surface area contributed by atoms with E-state index in [4.69, 9.17) is 18.9 Å². The minimum atomic E-state index is -0.414. The van der Waals surface area contributed by atoms with E-state index in [1.165, 1.54) is 7.11 Å². The highest BCUT2D eigenvalue weighted by Gasteiger charge is 2.29. The van der Waals surface area contributed by atoms with Crippen LogP contribution in [0, 0.1) is 0 Å². The number of ether oxygens (including phenoxy) is 4. The zero-order valence-electron chi connectivity index (χ0n) is 16.0. The van der Waals surface area contributed by atoms with Crippen molar-refractivity contribution in [1.29, 1.82) is 0 Å². The van der Waals surface area contributed by atoms with Crippen LogP contribution in [-0.4, -0.2) is 44.2 Å². The zero-order valence-corrected chi connectivity index (χ0v) is 17.6. The molecule has 7 heteroatoms. The standard InChI is InChI=1S/C21H21BrO6/c1-25-18-6-5-11(7-17(18)24)12-9-16(23)15(22)8-14-13(12)10-19(26-2)21(28-4)20(14)27-3/h5-7,9-10,15,24H,8H2,1-4H3. The van der Waals surface area contributed by atoms with Gasteiger partial charge in [-0.3, -0.25) is 4.79 Å². The van der Waals surface area contributed by atoms with E-state index in [2.05, 4.69) is 15.9 Å². The summed E-state index contributed by atoms with van der Waals surface area (Å²) in [6.07, 6.45) is 1.98. The Hall–Kier alpha value is -2.67. The van der Waals surface area contributed by atoms with Crippen molar-refractivity contribution in [2.45, 2.75) is 11.2 Å². The molecule has 0 saturated carbocycles.